The molecule has 1 atom stereocenters. The molecule has 3 N–H and O–H groups in total. The lowest BCUT2D eigenvalue weighted by Gasteiger charge is -2.11. The third-order valence-corrected chi connectivity index (χ3v) is 3.99. The van der Waals surface area contributed by atoms with E-state index in [1.165, 1.54) is 11.8 Å². The first-order chi connectivity index (χ1) is 10.9. The lowest BCUT2D eigenvalue weighted by Crippen LogP contribution is -2.33. The number of hydrogen-bond acceptors (Lipinski definition) is 5. The molecule has 0 spiro atoms. The highest BCUT2D eigenvalue weighted by molar-refractivity contribution is 8.01. The molecular formula is C15H20N2O5S. The molecule has 1 aromatic rings. The molecular weight excluding hydrogens is 320 g/mol. The minimum Gasteiger partial charge on any atom is -0.497 e. The Morgan fingerprint density at radius 2 is 1.91 bits per heavy atom. The van der Waals surface area contributed by atoms with E-state index in [0.717, 1.165) is 0 Å². The number of carboxylic acid groups (broad SMARTS) is 1. The molecule has 0 aliphatic heterocycles. The smallest absolute Gasteiger partial charge is 0.305 e. The first kappa shape index (κ1) is 18.8. The van der Waals surface area contributed by atoms with Crippen molar-refractivity contribution in [1.82, 2.24) is 5.32 Å². The molecule has 0 saturated heterocycles. The van der Waals surface area contributed by atoms with E-state index in [9.17, 15) is 14.4 Å². The van der Waals surface area contributed by atoms with Crippen LogP contribution in [0.25, 0.3) is 0 Å². The van der Waals surface area contributed by atoms with Crippen LogP contribution < -0.4 is 15.4 Å². The quantitative estimate of drug-likeness (QED) is 0.627. The van der Waals surface area contributed by atoms with Crippen molar-refractivity contribution in [3.8, 4) is 5.75 Å². The predicted octanol–water partition coefficient (Wildman–Crippen LogP) is 1.35. The molecule has 0 aromatic heterocycles. The monoisotopic (exact) mass is 340 g/mol. The predicted molar refractivity (Wildman–Crippen MR) is 88.8 cm³/mol. The number of benzene rings is 1. The molecule has 126 valence electrons. The number of methoxy groups -OCH3 is 1. The Hall–Kier alpha value is -2.22. The number of amides is 2. The number of ether oxygens (including phenoxy) is 1. The van der Waals surface area contributed by atoms with Gasteiger partial charge in [0.1, 0.15) is 5.75 Å². The number of carbonyl (C=O) groups is 3. The summed E-state index contributed by atoms with van der Waals surface area (Å²) in [4.78, 5) is 33.9. The Morgan fingerprint density at radius 1 is 1.26 bits per heavy atom. The van der Waals surface area contributed by atoms with Crippen LogP contribution in [0.15, 0.2) is 24.3 Å². The van der Waals surface area contributed by atoms with Gasteiger partial charge in [-0.1, -0.05) is 0 Å². The van der Waals surface area contributed by atoms with Crippen LogP contribution in [-0.4, -0.2) is 47.5 Å². The van der Waals surface area contributed by atoms with Crippen LogP contribution in [0.3, 0.4) is 0 Å². The fraction of sp³-hybridized carbons (Fsp3) is 0.400. The van der Waals surface area contributed by atoms with Crippen LogP contribution in [0.5, 0.6) is 5.75 Å². The number of anilines is 1. The zero-order valence-electron chi connectivity index (χ0n) is 13.0. The topological polar surface area (TPSA) is 105 Å². The molecule has 1 unspecified atom stereocenters. The second-order valence-electron chi connectivity index (χ2n) is 4.66. The molecule has 1 aromatic carbocycles. The van der Waals surface area contributed by atoms with Gasteiger partial charge < -0.3 is 20.5 Å². The third-order valence-electron chi connectivity index (χ3n) is 2.85. The van der Waals surface area contributed by atoms with Gasteiger partial charge in [-0.25, -0.2) is 0 Å². The number of thioether (sulfide) groups is 1. The van der Waals surface area contributed by atoms with Gasteiger partial charge in [-0.3, -0.25) is 14.4 Å². The van der Waals surface area contributed by atoms with Gasteiger partial charge in [0.2, 0.25) is 11.8 Å². The fourth-order valence-electron chi connectivity index (χ4n) is 1.58. The Kier molecular flexibility index (Phi) is 7.96. The average Bonchev–Trinajstić information content (AvgIpc) is 2.52. The molecule has 0 fully saturated rings. The van der Waals surface area contributed by atoms with E-state index in [2.05, 4.69) is 10.6 Å². The van der Waals surface area contributed by atoms with Crippen LogP contribution in [-0.2, 0) is 14.4 Å². The van der Waals surface area contributed by atoms with Crippen molar-refractivity contribution in [2.45, 2.75) is 18.6 Å². The number of aliphatic carboxylic acids is 1. The highest BCUT2D eigenvalue weighted by Gasteiger charge is 2.15. The summed E-state index contributed by atoms with van der Waals surface area (Å²) in [7, 11) is 1.56. The molecule has 0 bridgehead atoms. The zero-order valence-corrected chi connectivity index (χ0v) is 13.8. The minimum absolute atomic E-state index is 0.0805. The molecule has 0 aliphatic carbocycles. The van der Waals surface area contributed by atoms with Crippen molar-refractivity contribution >= 4 is 35.2 Å². The van der Waals surface area contributed by atoms with E-state index < -0.39 is 11.2 Å². The molecule has 0 heterocycles. The SMILES string of the molecule is COc1ccc(NC(=O)CSC(C)C(=O)NCCC(=O)O)cc1. The molecule has 2 amide bonds. The fourth-order valence-corrected chi connectivity index (χ4v) is 2.29. The van der Waals surface area contributed by atoms with Crippen LogP contribution in [0.1, 0.15) is 13.3 Å². The zero-order chi connectivity index (χ0) is 17.2. The first-order valence-corrected chi connectivity index (χ1v) is 8.02. The third kappa shape index (κ3) is 7.55. The van der Waals surface area contributed by atoms with Gasteiger partial charge in [-0.05, 0) is 31.2 Å². The summed E-state index contributed by atoms with van der Waals surface area (Å²) in [6.45, 7) is 1.75. The first-order valence-electron chi connectivity index (χ1n) is 6.97. The van der Waals surface area contributed by atoms with Crippen LogP contribution in [0.2, 0.25) is 0 Å². The Labute approximate surface area is 138 Å². The summed E-state index contributed by atoms with van der Waals surface area (Å²) in [6, 6.07) is 6.93. The maximum Gasteiger partial charge on any atom is 0.305 e. The molecule has 0 aliphatic rings. The van der Waals surface area contributed by atoms with Crippen molar-refractivity contribution in [1.29, 1.82) is 0 Å². The largest absolute Gasteiger partial charge is 0.497 e. The number of carbonyl (C=O) groups excluding carboxylic acids is 2. The summed E-state index contributed by atoms with van der Waals surface area (Å²) >= 11 is 1.18. The van der Waals surface area contributed by atoms with Crippen LogP contribution in [0.4, 0.5) is 5.69 Å². The van der Waals surface area contributed by atoms with Gasteiger partial charge in [0.05, 0.1) is 24.5 Å². The summed E-state index contributed by atoms with van der Waals surface area (Å²) in [5.74, 6) is -0.646. The number of rotatable bonds is 9. The lowest BCUT2D eigenvalue weighted by molar-refractivity contribution is -0.137. The highest BCUT2D eigenvalue weighted by atomic mass is 32.2. The van der Waals surface area contributed by atoms with Crippen molar-refractivity contribution in [2.75, 3.05) is 24.7 Å². The van der Waals surface area contributed by atoms with E-state index in [0.29, 0.717) is 11.4 Å². The van der Waals surface area contributed by atoms with E-state index in [-0.39, 0.29) is 30.5 Å². The van der Waals surface area contributed by atoms with E-state index >= 15 is 0 Å². The molecule has 0 radical (unpaired) electrons. The van der Waals surface area contributed by atoms with Gasteiger partial charge in [-0.2, -0.15) is 0 Å². The van der Waals surface area contributed by atoms with Crippen molar-refractivity contribution in [3.63, 3.8) is 0 Å². The number of hydrogen-bond donors (Lipinski definition) is 3. The Balaban J connectivity index is 2.31. The van der Waals surface area contributed by atoms with Crippen molar-refractivity contribution in [2.24, 2.45) is 0 Å². The maximum atomic E-state index is 11.8. The van der Waals surface area contributed by atoms with Gasteiger partial charge in [0, 0.05) is 12.2 Å². The second kappa shape index (κ2) is 9.73. The van der Waals surface area contributed by atoms with E-state index in [1.807, 2.05) is 0 Å². The standard InChI is InChI=1S/C15H20N2O5S/c1-10(15(21)16-8-7-14(19)20)23-9-13(18)17-11-3-5-12(22-2)6-4-11/h3-6,10H,7-9H2,1-2H3,(H,16,21)(H,17,18)(H,19,20). The Bertz CT molecular complexity index is 547. The molecule has 23 heavy (non-hydrogen) atoms. The van der Waals surface area contributed by atoms with Gasteiger partial charge >= 0.3 is 5.97 Å². The number of nitrogens with one attached hydrogen (secondary N) is 2. The minimum atomic E-state index is -0.968. The van der Waals surface area contributed by atoms with Crippen LogP contribution >= 0.6 is 11.8 Å². The van der Waals surface area contributed by atoms with Gasteiger partial charge in [0.15, 0.2) is 0 Å². The second-order valence-corrected chi connectivity index (χ2v) is 5.99. The van der Waals surface area contributed by atoms with E-state index in [1.54, 1.807) is 38.3 Å². The normalized spacial score (nSPS) is 11.4. The van der Waals surface area contributed by atoms with Crippen LogP contribution in [0, 0.1) is 0 Å². The summed E-state index contributed by atoms with van der Waals surface area (Å²) in [5, 5.41) is 13.3. The lowest BCUT2D eigenvalue weighted by atomic mass is 10.3. The van der Waals surface area contributed by atoms with Gasteiger partial charge in [-0.15, -0.1) is 11.8 Å². The average molecular weight is 340 g/mol. The highest BCUT2D eigenvalue weighted by Crippen LogP contribution is 2.16. The van der Waals surface area contributed by atoms with Gasteiger partial charge in [0.25, 0.3) is 0 Å². The molecule has 8 heteroatoms. The van der Waals surface area contributed by atoms with Crippen molar-refractivity contribution in [3.05, 3.63) is 24.3 Å². The summed E-state index contributed by atoms with van der Waals surface area (Å²) < 4.78 is 5.03. The van der Waals surface area contributed by atoms with Crippen molar-refractivity contribution < 1.29 is 24.2 Å². The summed E-state index contributed by atoms with van der Waals surface area (Å²) in [6.07, 6.45) is -0.124. The Morgan fingerprint density at radius 3 is 2.48 bits per heavy atom. The maximum absolute atomic E-state index is 11.8. The molecule has 7 nitrogen and oxygen atoms in total. The summed E-state index contributed by atoms with van der Waals surface area (Å²) in [5.41, 5.74) is 0.648. The molecule has 1 rings (SSSR count). The van der Waals surface area contributed by atoms with E-state index in [4.69, 9.17) is 9.84 Å². The number of carboxylic acids is 1. The molecule has 0 saturated carbocycles.